The zero-order valence-corrected chi connectivity index (χ0v) is 18.9. The molecule has 162 valence electrons. The monoisotopic (exact) mass is 463 g/mol. The number of anilines is 1. The summed E-state index contributed by atoms with van der Waals surface area (Å²) in [5.41, 5.74) is 2.81. The van der Waals surface area contributed by atoms with Crippen molar-refractivity contribution in [2.75, 3.05) is 5.32 Å². The van der Waals surface area contributed by atoms with E-state index in [1.165, 1.54) is 6.08 Å². The maximum atomic E-state index is 12.6. The number of benzene rings is 3. The minimum atomic E-state index is -0.395. The average molecular weight is 464 g/mol. The number of thiocarbonyl (C=S) groups is 1. The second-order valence-corrected chi connectivity index (χ2v) is 7.80. The van der Waals surface area contributed by atoms with Gasteiger partial charge in [-0.05, 0) is 60.6 Å². The summed E-state index contributed by atoms with van der Waals surface area (Å²) in [6.45, 7) is 1.93. The molecule has 3 aromatic carbocycles. The normalized spacial score (nSPS) is 11.6. The van der Waals surface area contributed by atoms with Gasteiger partial charge in [-0.3, -0.25) is 14.9 Å². The van der Waals surface area contributed by atoms with Gasteiger partial charge in [-0.2, -0.15) is 0 Å². The number of nitrogens with one attached hydrogen (secondary N) is 3. The highest BCUT2D eigenvalue weighted by Crippen LogP contribution is 2.16. The van der Waals surface area contributed by atoms with Gasteiger partial charge < -0.3 is 10.6 Å². The van der Waals surface area contributed by atoms with Crippen molar-refractivity contribution >= 4 is 52.5 Å². The number of rotatable bonds is 6. The van der Waals surface area contributed by atoms with E-state index in [0.717, 1.165) is 11.1 Å². The fourth-order valence-electron chi connectivity index (χ4n) is 2.93. The largest absolute Gasteiger partial charge is 0.346 e. The molecule has 3 aromatic rings. The third-order valence-corrected chi connectivity index (χ3v) is 5.13. The first-order valence-electron chi connectivity index (χ1n) is 9.93. The topological polar surface area (TPSA) is 70.2 Å². The van der Waals surface area contributed by atoms with Crippen LogP contribution in [0.4, 0.5) is 5.69 Å². The average Bonchev–Trinajstić information content (AvgIpc) is 2.79. The Bertz CT molecular complexity index is 1150. The van der Waals surface area contributed by atoms with Gasteiger partial charge >= 0.3 is 0 Å². The number of hydrogen-bond donors (Lipinski definition) is 3. The first-order valence-corrected chi connectivity index (χ1v) is 10.7. The second-order valence-electron chi connectivity index (χ2n) is 6.98. The molecule has 0 spiro atoms. The molecular weight excluding hydrogens is 442 g/mol. The Labute approximate surface area is 197 Å². The molecule has 0 radical (unpaired) electrons. The van der Waals surface area contributed by atoms with Crippen LogP contribution in [0.15, 0.2) is 84.9 Å². The Hall–Kier alpha value is -3.48. The van der Waals surface area contributed by atoms with Crippen LogP contribution < -0.4 is 16.0 Å². The smallest absolute Gasteiger partial charge is 0.251 e. The third kappa shape index (κ3) is 6.77. The van der Waals surface area contributed by atoms with Gasteiger partial charge in [0.2, 0.25) is 5.91 Å². The van der Waals surface area contributed by atoms with Crippen molar-refractivity contribution in [2.45, 2.75) is 13.0 Å². The molecule has 7 heteroatoms. The number of hydrogen-bond acceptors (Lipinski definition) is 3. The summed E-state index contributed by atoms with van der Waals surface area (Å²) in [6, 6.07) is 23.7. The molecule has 0 fully saturated rings. The van der Waals surface area contributed by atoms with E-state index < -0.39 is 5.91 Å². The predicted octanol–water partition coefficient (Wildman–Crippen LogP) is 5.36. The van der Waals surface area contributed by atoms with Crippen LogP contribution in [0.2, 0.25) is 5.02 Å². The molecule has 2 amide bonds. The lowest BCUT2D eigenvalue weighted by Crippen LogP contribution is -2.33. The van der Waals surface area contributed by atoms with Crippen molar-refractivity contribution in [3.8, 4) is 0 Å². The van der Waals surface area contributed by atoms with Crippen molar-refractivity contribution in [3.05, 3.63) is 107 Å². The summed E-state index contributed by atoms with van der Waals surface area (Å²) < 4.78 is 0. The van der Waals surface area contributed by atoms with Crippen molar-refractivity contribution in [2.24, 2.45) is 0 Å². The van der Waals surface area contributed by atoms with Gasteiger partial charge in [-0.25, -0.2) is 0 Å². The SMILES string of the molecule is CC(NC(=O)c1cccc(NC(=S)NC(=O)/C=C/c2ccccc2Cl)c1)c1ccccc1. The molecule has 3 N–H and O–H groups in total. The first kappa shape index (κ1) is 23.2. The summed E-state index contributed by atoms with van der Waals surface area (Å²) >= 11 is 11.3. The molecule has 0 aliphatic rings. The number of amides is 2. The fraction of sp³-hybridized carbons (Fsp3) is 0.0800. The van der Waals surface area contributed by atoms with Crippen LogP contribution in [-0.4, -0.2) is 16.9 Å². The number of carbonyl (C=O) groups excluding carboxylic acids is 2. The maximum absolute atomic E-state index is 12.6. The summed E-state index contributed by atoms with van der Waals surface area (Å²) in [7, 11) is 0. The second kappa shape index (κ2) is 11.2. The molecule has 0 saturated heterocycles. The van der Waals surface area contributed by atoms with Crippen LogP contribution >= 0.6 is 23.8 Å². The van der Waals surface area contributed by atoms with E-state index in [0.29, 0.717) is 16.3 Å². The molecule has 0 aliphatic heterocycles. The molecule has 0 aromatic heterocycles. The van der Waals surface area contributed by atoms with Gasteiger partial charge in [-0.1, -0.05) is 66.2 Å². The highest BCUT2D eigenvalue weighted by atomic mass is 35.5. The molecule has 0 heterocycles. The number of carbonyl (C=O) groups is 2. The van der Waals surface area contributed by atoms with Gasteiger partial charge in [0, 0.05) is 22.3 Å². The third-order valence-electron chi connectivity index (χ3n) is 4.59. The van der Waals surface area contributed by atoms with Gasteiger partial charge in [0.15, 0.2) is 5.11 Å². The van der Waals surface area contributed by atoms with Crippen molar-refractivity contribution in [1.82, 2.24) is 10.6 Å². The quantitative estimate of drug-likeness (QED) is 0.340. The first-order chi connectivity index (χ1) is 15.4. The lowest BCUT2D eigenvalue weighted by atomic mass is 10.1. The molecule has 32 heavy (non-hydrogen) atoms. The van der Waals surface area contributed by atoms with Gasteiger partial charge in [0.25, 0.3) is 5.91 Å². The minimum absolute atomic E-state index is 0.119. The standard InChI is InChI=1S/C25H22ClN3O2S/c1-17(18-8-3-2-4-9-18)27-24(31)20-11-7-12-21(16-20)28-25(32)29-23(30)15-14-19-10-5-6-13-22(19)26/h2-17H,1H3,(H,27,31)(H2,28,29,30,32)/b15-14+. The van der Waals surface area contributed by atoms with E-state index in [1.54, 1.807) is 42.5 Å². The molecule has 1 atom stereocenters. The summed E-state index contributed by atoms with van der Waals surface area (Å²) in [4.78, 5) is 24.8. The molecule has 0 aliphatic carbocycles. The van der Waals surface area contributed by atoms with E-state index in [1.807, 2.05) is 49.4 Å². The Morgan fingerprint density at radius 1 is 0.969 bits per heavy atom. The summed E-state index contributed by atoms with van der Waals surface area (Å²) in [6.07, 6.45) is 2.96. The van der Waals surface area contributed by atoms with Crippen LogP contribution in [0.25, 0.3) is 6.08 Å². The van der Waals surface area contributed by atoms with Crippen LogP contribution in [0.1, 0.15) is 34.5 Å². The highest BCUT2D eigenvalue weighted by Gasteiger charge is 2.12. The predicted molar refractivity (Wildman–Crippen MR) is 134 cm³/mol. The van der Waals surface area contributed by atoms with E-state index in [2.05, 4.69) is 16.0 Å². The fourth-order valence-corrected chi connectivity index (χ4v) is 3.35. The van der Waals surface area contributed by atoms with Crippen molar-refractivity contribution < 1.29 is 9.59 Å². The molecule has 0 bridgehead atoms. The summed E-state index contributed by atoms with van der Waals surface area (Å²) in [5.74, 6) is -0.601. The Kier molecular flexibility index (Phi) is 8.14. The Morgan fingerprint density at radius 2 is 1.69 bits per heavy atom. The Morgan fingerprint density at radius 3 is 2.44 bits per heavy atom. The van der Waals surface area contributed by atoms with Gasteiger partial charge in [-0.15, -0.1) is 0 Å². The van der Waals surface area contributed by atoms with Crippen molar-refractivity contribution in [1.29, 1.82) is 0 Å². The Balaban J connectivity index is 1.56. The van der Waals surface area contributed by atoms with E-state index in [-0.39, 0.29) is 17.1 Å². The van der Waals surface area contributed by atoms with Crippen LogP contribution in [0.5, 0.6) is 0 Å². The molecule has 5 nitrogen and oxygen atoms in total. The zero-order chi connectivity index (χ0) is 22.9. The van der Waals surface area contributed by atoms with Gasteiger partial charge in [0.05, 0.1) is 6.04 Å². The van der Waals surface area contributed by atoms with Gasteiger partial charge in [0.1, 0.15) is 0 Å². The van der Waals surface area contributed by atoms with Crippen molar-refractivity contribution in [3.63, 3.8) is 0 Å². The molecule has 0 saturated carbocycles. The van der Waals surface area contributed by atoms with E-state index >= 15 is 0 Å². The van der Waals surface area contributed by atoms with Crippen LogP contribution in [0, 0.1) is 0 Å². The number of halogens is 1. The molecule has 3 rings (SSSR count). The van der Waals surface area contributed by atoms with Crippen LogP contribution in [0.3, 0.4) is 0 Å². The lowest BCUT2D eigenvalue weighted by Gasteiger charge is -2.15. The lowest BCUT2D eigenvalue weighted by molar-refractivity contribution is -0.115. The van der Waals surface area contributed by atoms with Crippen LogP contribution in [-0.2, 0) is 4.79 Å². The zero-order valence-electron chi connectivity index (χ0n) is 17.3. The molecule has 1 unspecified atom stereocenters. The maximum Gasteiger partial charge on any atom is 0.251 e. The highest BCUT2D eigenvalue weighted by molar-refractivity contribution is 7.80. The minimum Gasteiger partial charge on any atom is -0.346 e. The van der Waals surface area contributed by atoms with E-state index in [9.17, 15) is 9.59 Å². The van der Waals surface area contributed by atoms with E-state index in [4.69, 9.17) is 23.8 Å². The summed E-state index contributed by atoms with van der Waals surface area (Å²) in [5, 5.41) is 9.14. The molecular formula is C25H22ClN3O2S.